The van der Waals surface area contributed by atoms with Crippen LogP contribution in [0.2, 0.25) is 18.1 Å². The summed E-state index contributed by atoms with van der Waals surface area (Å²) < 4.78 is 30.6. The summed E-state index contributed by atoms with van der Waals surface area (Å²) in [4.78, 5) is 59.5. The Hall–Kier alpha value is -2.43. The van der Waals surface area contributed by atoms with Crippen molar-refractivity contribution < 1.29 is 46.5 Å². The number of likely N-dealkylation sites (N-methyl/N-ethyl adjacent to an activating group) is 1. The number of likely N-dealkylation sites (tertiary alicyclic amines) is 1. The molecule has 2 heterocycles. The van der Waals surface area contributed by atoms with Gasteiger partial charge in [-0.2, -0.15) is 0 Å². The van der Waals surface area contributed by atoms with Crippen LogP contribution < -0.4 is 0 Å². The van der Waals surface area contributed by atoms with E-state index < -0.39 is 37.3 Å². The van der Waals surface area contributed by atoms with E-state index in [1.807, 2.05) is 11.9 Å². The zero-order valence-corrected chi connectivity index (χ0v) is 33.6. The number of quaternary nitrogens is 1. The molecule has 0 spiro atoms. The highest BCUT2D eigenvalue weighted by Crippen LogP contribution is 2.57. The molecule has 17 heteroatoms. The lowest BCUT2D eigenvalue weighted by Gasteiger charge is -2.50. The molecule has 50 heavy (non-hydrogen) atoms. The minimum absolute atomic E-state index is 0.00298. The van der Waals surface area contributed by atoms with Gasteiger partial charge in [-0.1, -0.05) is 32.5 Å². The third-order valence-corrected chi connectivity index (χ3v) is 17.6. The quantitative estimate of drug-likeness (QED) is 0.0320. The summed E-state index contributed by atoms with van der Waals surface area (Å²) in [6, 6.07) is 5.02. The summed E-state index contributed by atoms with van der Waals surface area (Å²) in [5.74, 6) is 0.0934. The maximum atomic E-state index is 14.5. The number of hydrogen-bond donors (Lipinski definition) is 0. The Balaban J connectivity index is 2.13. The van der Waals surface area contributed by atoms with Crippen LogP contribution >= 0.6 is 19.3 Å². The number of aliphatic imine (C=N–C) groups is 1. The highest BCUT2D eigenvalue weighted by Gasteiger charge is 2.65. The van der Waals surface area contributed by atoms with E-state index in [4.69, 9.17) is 22.7 Å². The first kappa shape index (κ1) is 42.0. The fourth-order valence-electron chi connectivity index (χ4n) is 5.56. The van der Waals surface area contributed by atoms with Gasteiger partial charge < -0.3 is 27.6 Å². The summed E-state index contributed by atoms with van der Waals surface area (Å²) in [6.07, 6.45) is 0.0494. The lowest BCUT2D eigenvalue weighted by Crippen LogP contribution is -2.75. The first-order valence-electron chi connectivity index (χ1n) is 17.0. The van der Waals surface area contributed by atoms with E-state index in [1.165, 1.54) is 24.3 Å². The number of hydrogen-bond acceptors (Lipinski definition) is 13. The van der Waals surface area contributed by atoms with Crippen molar-refractivity contribution in [3.8, 4) is 0 Å². The van der Waals surface area contributed by atoms with Crippen LogP contribution in [0.5, 0.6) is 0 Å². The van der Waals surface area contributed by atoms with Gasteiger partial charge in [-0.15, -0.1) is 0 Å². The summed E-state index contributed by atoms with van der Waals surface area (Å²) in [5.41, 5.74) is 0.292. The first-order valence-corrected chi connectivity index (χ1v) is 22.5. The van der Waals surface area contributed by atoms with Gasteiger partial charge in [0.2, 0.25) is 0 Å². The van der Waals surface area contributed by atoms with Crippen molar-refractivity contribution in [1.29, 1.82) is 0 Å². The molecule has 0 aromatic heterocycles. The Morgan fingerprint density at radius 3 is 2.18 bits per heavy atom. The number of rotatable bonds is 19. The van der Waals surface area contributed by atoms with Gasteiger partial charge in [0.25, 0.3) is 11.1 Å². The number of amidine groups is 1. The van der Waals surface area contributed by atoms with Crippen molar-refractivity contribution in [3.63, 3.8) is 0 Å². The number of benzene rings is 1. The molecule has 1 amide bonds. The summed E-state index contributed by atoms with van der Waals surface area (Å²) in [6.45, 7) is 17.5. The van der Waals surface area contributed by atoms with Gasteiger partial charge in [-0.25, -0.2) is 14.1 Å². The molecule has 0 aliphatic carbocycles. The summed E-state index contributed by atoms with van der Waals surface area (Å²) >= 11 is 1.14. The second kappa shape index (κ2) is 17.9. The van der Waals surface area contributed by atoms with Crippen molar-refractivity contribution in [3.05, 3.63) is 39.9 Å². The van der Waals surface area contributed by atoms with E-state index in [-0.39, 0.29) is 79.6 Å². The minimum Gasteiger partial charge on any atom is -0.453 e. The predicted octanol–water partition coefficient (Wildman–Crippen LogP) is 5.77. The van der Waals surface area contributed by atoms with E-state index >= 15 is 0 Å². The van der Waals surface area contributed by atoms with Crippen LogP contribution in [0.15, 0.2) is 29.3 Å². The molecule has 1 aromatic carbocycles. The molecule has 0 N–H and O–H groups in total. The monoisotopic (exact) mass is 757 g/mol. The number of thioether (sulfide) groups is 1. The number of β-lactam (4-membered cyclic amide) rings is 1. The lowest BCUT2D eigenvalue weighted by atomic mass is 9.93. The fraction of sp³-hybridized carbons (Fsp3) is 0.667. The van der Waals surface area contributed by atoms with Crippen LogP contribution in [0.25, 0.3) is 0 Å². The SMILES string of the molecule is CCOP(OCC)(OCC)=C(C(=O)OCc1ccc([N+](=O)[O-])cc1)[N+]1(CCO[Si](C)(C)C(C)(C)C)C(=O)CC1CC(=O)SCC1=NCCN1C. The lowest BCUT2D eigenvalue weighted by molar-refractivity contribution is -0.819. The van der Waals surface area contributed by atoms with Crippen molar-refractivity contribution in [1.82, 2.24) is 4.90 Å². The second-order valence-corrected chi connectivity index (χ2v) is 21.6. The Bertz CT molecular complexity index is 1460. The molecule has 0 radical (unpaired) electrons. The second-order valence-electron chi connectivity index (χ2n) is 13.6. The van der Waals surface area contributed by atoms with Crippen molar-refractivity contribution in [2.75, 3.05) is 58.9 Å². The molecule has 3 rings (SSSR count). The van der Waals surface area contributed by atoms with Gasteiger partial charge in [-0.3, -0.25) is 19.9 Å². The van der Waals surface area contributed by atoms with E-state index in [2.05, 4.69) is 38.9 Å². The van der Waals surface area contributed by atoms with E-state index in [1.54, 1.807) is 20.8 Å². The number of nitro groups is 1. The number of carbonyl (C=O) groups excluding carboxylic acids is 3. The molecular formula is C33H54N4O10PSSi+. The Kier molecular flexibility index (Phi) is 15.0. The maximum absolute atomic E-state index is 14.5. The van der Waals surface area contributed by atoms with Gasteiger partial charge in [0.05, 0.1) is 50.1 Å². The fourth-order valence-corrected chi connectivity index (χ4v) is 10.2. The third kappa shape index (κ3) is 9.71. The molecule has 14 nitrogen and oxygen atoms in total. The van der Waals surface area contributed by atoms with Crippen LogP contribution in [-0.2, 0) is 43.7 Å². The zero-order chi connectivity index (χ0) is 37.3. The van der Waals surface area contributed by atoms with Crippen LogP contribution in [0.1, 0.15) is 59.9 Å². The molecule has 2 atom stereocenters. The molecule has 2 aliphatic rings. The van der Waals surface area contributed by atoms with Crippen molar-refractivity contribution in [2.24, 2.45) is 4.99 Å². The van der Waals surface area contributed by atoms with Gasteiger partial charge in [0.1, 0.15) is 31.4 Å². The molecule has 1 aromatic rings. The van der Waals surface area contributed by atoms with Crippen molar-refractivity contribution >= 4 is 61.6 Å². The predicted molar refractivity (Wildman–Crippen MR) is 198 cm³/mol. The highest BCUT2D eigenvalue weighted by atomic mass is 32.2. The molecule has 0 saturated carbocycles. The van der Waals surface area contributed by atoms with Crippen molar-refractivity contribution in [2.45, 2.75) is 85.2 Å². The van der Waals surface area contributed by atoms with E-state index in [0.29, 0.717) is 17.9 Å². The average Bonchev–Trinajstić information content (AvgIpc) is 3.46. The van der Waals surface area contributed by atoms with Crippen LogP contribution in [0.3, 0.4) is 0 Å². The topological polar surface area (TPSA) is 156 Å². The van der Waals surface area contributed by atoms with Gasteiger partial charge in [0.15, 0.2) is 13.4 Å². The number of carbonyl (C=O) groups is 3. The molecule has 1 fully saturated rings. The van der Waals surface area contributed by atoms with E-state index in [9.17, 15) is 24.5 Å². The van der Waals surface area contributed by atoms with Crippen LogP contribution in [0, 0.1) is 10.1 Å². The van der Waals surface area contributed by atoms with E-state index in [0.717, 1.165) is 24.1 Å². The third-order valence-electron chi connectivity index (χ3n) is 9.36. The zero-order valence-electron chi connectivity index (χ0n) is 30.9. The smallest absolute Gasteiger partial charge is 0.401 e. The number of nitrogens with zero attached hydrogens (tertiary/aromatic N) is 4. The first-order chi connectivity index (χ1) is 23.5. The van der Waals surface area contributed by atoms with Gasteiger partial charge in [0, 0.05) is 25.7 Å². The molecule has 280 valence electrons. The minimum atomic E-state index is -3.75. The number of non-ortho nitro benzene ring substituents is 1. The molecule has 0 bridgehead atoms. The summed E-state index contributed by atoms with van der Waals surface area (Å²) in [7, 11) is -4.11. The standard InChI is InChI=1S/C33H54N4O10PSSi/c1-10-44-48(45-11-2,46-12-3)31(32(40)43-23-25-13-15-26(16-14-25)36(41)42)37(19-20-47-50(8,9)33(4,5)6)27(21-29(37)38)22-30(39)49-24-28-34-17-18-35(28)7/h13-16,27H,10-12,17-24H2,1-9H3/q+1. The number of esters is 1. The highest BCUT2D eigenvalue weighted by molar-refractivity contribution is 8.14. The maximum Gasteiger partial charge on any atom is 0.401 e. The number of ether oxygens (including phenoxy) is 1. The Morgan fingerprint density at radius 1 is 1.10 bits per heavy atom. The van der Waals surface area contributed by atoms with Crippen LogP contribution in [-0.4, -0.2) is 116 Å². The van der Waals surface area contributed by atoms with Crippen LogP contribution in [0.4, 0.5) is 5.69 Å². The number of amides is 1. The summed E-state index contributed by atoms with van der Waals surface area (Å²) in [5, 5.41) is 10.9. The Morgan fingerprint density at radius 2 is 1.70 bits per heavy atom. The normalized spacial score (nSPS) is 19.6. The molecule has 2 unspecified atom stereocenters. The Labute approximate surface area is 301 Å². The molecule has 1 saturated heterocycles. The van der Waals surface area contributed by atoms with Gasteiger partial charge in [-0.05, 0) is 56.6 Å². The number of nitro benzene ring substituents is 1. The largest absolute Gasteiger partial charge is 0.453 e. The molecular weight excluding hydrogens is 704 g/mol. The van der Waals surface area contributed by atoms with Gasteiger partial charge >= 0.3 is 19.4 Å². The average molecular weight is 758 g/mol. The molecule has 2 aliphatic heterocycles.